The lowest BCUT2D eigenvalue weighted by atomic mass is 10.0. The van der Waals surface area contributed by atoms with E-state index < -0.39 is 0 Å². The van der Waals surface area contributed by atoms with Crippen LogP contribution in [-0.2, 0) is 11.3 Å². The summed E-state index contributed by atoms with van der Waals surface area (Å²) < 4.78 is 2.00. The first-order valence-corrected chi connectivity index (χ1v) is 11.6. The van der Waals surface area contributed by atoms with Crippen LogP contribution in [0.1, 0.15) is 13.8 Å². The molecule has 0 bridgehead atoms. The zero-order chi connectivity index (χ0) is 22.5. The first-order valence-electron chi connectivity index (χ1n) is 10.4. The zero-order valence-electron chi connectivity index (χ0n) is 17.8. The number of thioether (sulfide) groups is 1. The van der Waals surface area contributed by atoms with Gasteiger partial charge in [-0.15, -0.1) is 10.2 Å². The summed E-state index contributed by atoms with van der Waals surface area (Å²) in [6.07, 6.45) is 0. The van der Waals surface area contributed by atoms with E-state index in [4.69, 9.17) is 11.6 Å². The second kappa shape index (κ2) is 10.0. The number of anilines is 1. The van der Waals surface area contributed by atoms with E-state index >= 15 is 0 Å². The maximum Gasteiger partial charge on any atom is 0.237 e. The first-order chi connectivity index (χ1) is 15.6. The number of rotatable bonds is 7. The van der Waals surface area contributed by atoms with Gasteiger partial charge < -0.3 is 9.88 Å². The Labute approximate surface area is 196 Å². The second-order valence-corrected chi connectivity index (χ2v) is 8.97. The fourth-order valence-electron chi connectivity index (χ4n) is 3.41. The molecule has 32 heavy (non-hydrogen) atoms. The van der Waals surface area contributed by atoms with Crippen molar-refractivity contribution in [1.29, 1.82) is 0 Å². The van der Waals surface area contributed by atoms with E-state index in [9.17, 15) is 4.79 Å². The Morgan fingerprint density at radius 2 is 1.72 bits per heavy atom. The van der Waals surface area contributed by atoms with Crippen LogP contribution >= 0.6 is 23.4 Å². The van der Waals surface area contributed by atoms with Gasteiger partial charge in [-0.05, 0) is 37.6 Å². The summed E-state index contributed by atoms with van der Waals surface area (Å²) in [4.78, 5) is 13.0. The van der Waals surface area contributed by atoms with Crippen molar-refractivity contribution in [3.05, 3.63) is 83.9 Å². The highest BCUT2D eigenvalue weighted by molar-refractivity contribution is 8.00. The minimum atomic E-state index is -0.361. The summed E-state index contributed by atoms with van der Waals surface area (Å²) in [6.45, 7) is 4.59. The van der Waals surface area contributed by atoms with E-state index in [0.29, 0.717) is 16.7 Å². The predicted molar refractivity (Wildman–Crippen MR) is 132 cm³/mol. The van der Waals surface area contributed by atoms with Crippen molar-refractivity contribution in [2.75, 3.05) is 5.32 Å². The second-order valence-electron chi connectivity index (χ2n) is 7.22. The van der Waals surface area contributed by atoms with Crippen LogP contribution in [-0.4, -0.2) is 25.9 Å². The molecular weight excluding hydrogens is 440 g/mol. The quantitative estimate of drug-likeness (QED) is 0.322. The van der Waals surface area contributed by atoms with Gasteiger partial charge >= 0.3 is 0 Å². The molecule has 0 aliphatic heterocycles. The van der Waals surface area contributed by atoms with E-state index in [1.807, 2.05) is 97.3 Å². The van der Waals surface area contributed by atoms with E-state index in [1.54, 1.807) is 0 Å². The van der Waals surface area contributed by atoms with Crippen molar-refractivity contribution in [2.45, 2.75) is 30.8 Å². The van der Waals surface area contributed by atoms with Crippen molar-refractivity contribution in [1.82, 2.24) is 14.8 Å². The molecule has 3 aromatic carbocycles. The average Bonchev–Trinajstić information content (AvgIpc) is 3.22. The van der Waals surface area contributed by atoms with Crippen LogP contribution in [0.25, 0.3) is 22.5 Å². The predicted octanol–water partition coefficient (Wildman–Crippen LogP) is 6.40. The van der Waals surface area contributed by atoms with Gasteiger partial charge in [0.05, 0.1) is 5.25 Å². The lowest BCUT2D eigenvalue weighted by molar-refractivity contribution is -0.115. The monoisotopic (exact) mass is 462 g/mol. The zero-order valence-corrected chi connectivity index (χ0v) is 19.4. The molecule has 0 radical (unpaired) electrons. The lowest BCUT2D eigenvalue weighted by Crippen LogP contribution is -2.23. The molecule has 7 heteroatoms. The summed E-state index contributed by atoms with van der Waals surface area (Å²) in [5.41, 5.74) is 3.72. The molecular formula is C25H23ClN4OS. The summed E-state index contributed by atoms with van der Waals surface area (Å²) in [7, 11) is 0. The van der Waals surface area contributed by atoms with Gasteiger partial charge in [0.1, 0.15) is 0 Å². The Bertz CT molecular complexity index is 1230. The Morgan fingerprint density at radius 1 is 1.00 bits per heavy atom. The highest BCUT2D eigenvalue weighted by Gasteiger charge is 2.21. The number of para-hydroxylation sites is 1. The molecule has 162 valence electrons. The van der Waals surface area contributed by atoms with Gasteiger partial charge in [-0.25, -0.2) is 0 Å². The number of carbonyl (C=O) groups excluding carboxylic acids is 1. The minimum Gasteiger partial charge on any atom is -0.325 e. The molecule has 0 spiro atoms. The highest BCUT2D eigenvalue weighted by atomic mass is 35.5. The van der Waals surface area contributed by atoms with Crippen LogP contribution in [0, 0.1) is 0 Å². The third-order valence-corrected chi connectivity index (χ3v) is 6.35. The minimum absolute atomic E-state index is 0.0895. The van der Waals surface area contributed by atoms with Crippen LogP contribution in [0.15, 0.2) is 84.0 Å². The molecule has 1 aromatic heterocycles. The summed E-state index contributed by atoms with van der Waals surface area (Å²) in [5, 5.41) is 12.7. The highest BCUT2D eigenvalue weighted by Crippen LogP contribution is 2.31. The molecule has 0 aliphatic rings. The van der Waals surface area contributed by atoms with Crippen LogP contribution in [0.3, 0.4) is 0 Å². The van der Waals surface area contributed by atoms with Crippen LogP contribution in [0.4, 0.5) is 5.69 Å². The average molecular weight is 463 g/mol. The number of carbonyl (C=O) groups is 1. The fourth-order valence-corrected chi connectivity index (χ4v) is 4.51. The number of nitrogens with zero attached hydrogens (tertiary/aromatic N) is 3. The molecule has 0 saturated carbocycles. The normalized spacial score (nSPS) is 11.8. The van der Waals surface area contributed by atoms with E-state index in [2.05, 4.69) is 15.5 Å². The van der Waals surface area contributed by atoms with Gasteiger partial charge in [0.15, 0.2) is 11.0 Å². The fraction of sp³-hybridized carbons (Fsp3) is 0.160. The largest absolute Gasteiger partial charge is 0.325 e. The van der Waals surface area contributed by atoms with E-state index in [0.717, 1.165) is 28.2 Å². The molecule has 1 N–H and O–H groups in total. The molecule has 4 aromatic rings. The lowest BCUT2D eigenvalue weighted by Gasteiger charge is -2.15. The molecule has 0 fully saturated rings. The van der Waals surface area contributed by atoms with E-state index in [-0.39, 0.29) is 11.2 Å². The Morgan fingerprint density at radius 3 is 2.47 bits per heavy atom. The molecule has 4 rings (SSSR count). The summed E-state index contributed by atoms with van der Waals surface area (Å²) >= 11 is 7.53. The van der Waals surface area contributed by atoms with Gasteiger partial charge in [-0.3, -0.25) is 4.79 Å². The molecule has 1 atom stereocenters. The summed E-state index contributed by atoms with van der Waals surface area (Å²) in [6, 6.07) is 25.4. The first kappa shape index (κ1) is 22.1. The van der Waals surface area contributed by atoms with Crippen molar-refractivity contribution in [3.63, 3.8) is 0 Å². The van der Waals surface area contributed by atoms with Crippen molar-refractivity contribution >= 4 is 35.0 Å². The van der Waals surface area contributed by atoms with Gasteiger partial charge in [0, 0.05) is 28.4 Å². The van der Waals surface area contributed by atoms with Gasteiger partial charge in [0.25, 0.3) is 0 Å². The molecule has 1 unspecified atom stereocenters. The van der Waals surface area contributed by atoms with Crippen LogP contribution in [0.2, 0.25) is 5.02 Å². The van der Waals surface area contributed by atoms with Gasteiger partial charge in [-0.2, -0.15) is 0 Å². The van der Waals surface area contributed by atoms with E-state index in [1.165, 1.54) is 11.8 Å². The summed E-state index contributed by atoms with van der Waals surface area (Å²) in [5.74, 6) is 0.646. The molecule has 1 heterocycles. The van der Waals surface area contributed by atoms with Gasteiger partial charge in [-0.1, -0.05) is 84.0 Å². The number of aromatic nitrogens is 3. The molecule has 1 amide bonds. The third-order valence-electron chi connectivity index (χ3n) is 5.04. The molecule has 0 aliphatic carbocycles. The van der Waals surface area contributed by atoms with Crippen LogP contribution < -0.4 is 5.32 Å². The topological polar surface area (TPSA) is 59.8 Å². The maximum atomic E-state index is 13.0. The van der Waals surface area contributed by atoms with Crippen molar-refractivity contribution in [3.8, 4) is 22.5 Å². The standard InChI is InChI=1S/C25H23ClN4OS/c1-3-30-23(19-12-9-13-20(26)16-19)28-29-25(30)32-17(2)24(31)27-22-15-8-7-14-21(22)18-10-5-4-6-11-18/h4-17H,3H2,1-2H3,(H,27,31). The van der Waals surface area contributed by atoms with Gasteiger partial charge in [0.2, 0.25) is 5.91 Å². The third kappa shape index (κ3) is 4.87. The number of hydrogen-bond acceptors (Lipinski definition) is 4. The maximum absolute atomic E-state index is 13.0. The Balaban J connectivity index is 1.52. The smallest absolute Gasteiger partial charge is 0.237 e. The number of amides is 1. The van der Waals surface area contributed by atoms with Crippen molar-refractivity contribution in [2.24, 2.45) is 0 Å². The Hall–Kier alpha value is -3.09. The number of nitrogens with one attached hydrogen (secondary N) is 1. The number of benzene rings is 3. The van der Waals surface area contributed by atoms with Crippen molar-refractivity contribution < 1.29 is 4.79 Å². The Kier molecular flexibility index (Phi) is 6.93. The van der Waals surface area contributed by atoms with Crippen LogP contribution in [0.5, 0.6) is 0 Å². The molecule has 5 nitrogen and oxygen atoms in total. The SMILES string of the molecule is CCn1c(SC(C)C(=O)Nc2ccccc2-c2ccccc2)nnc1-c1cccc(Cl)c1. The number of halogens is 1. The molecule has 0 saturated heterocycles. The number of hydrogen-bond donors (Lipinski definition) is 1.